The van der Waals surface area contributed by atoms with E-state index in [1.54, 1.807) is 18.5 Å². The summed E-state index contributed by atoms with van der Waals surface area (Å²) < 4.78 is 46.4. The van der Waals surface area contributed by atoms with Crippen LogP contribution in [0, 0.1) is 6.92 Å². The number of pyridine rings is 1. The molecule has 2 saturated carbocycles. The van der Waals surface area contributed by atoms with Crippen LogP contribution in [-0.4, -0.2) is 40.8 Å². The molecular formula is C31H33FN4O3S. The lowest BCUT2D eigenvalue weighted by Gasteiger charge is -2.25. The molecule has 1 N–H and O–H groups in total. The van der Waals surface area contributed by atoms with Crippen molar-refractivity contribution in [3.63, 3.8) is 0 Å². The number of anilines is 1. The number of halogens is 1. The van der Waals surface area contributed by atoms with Crippen molar-refractivity contribution in [2.24, 2.45) is 0 Å². The van der Waals surface area contributed by atoms with Gasteiger partial charge in [-0.2, -0.15) is 0 Å². The average molecular weight is 561 g/mol. The highest BCUT2D eigenvalue weighted by atomic mass is 32.2. The van der Waals surface area contributed by atoms with E-state index in [1.807, 2.05) is 49.4 Å². The van der Waals surface area contributed by atoms with E-state index in [4.69, 9.17) is 9.72 Å². The molecule has 0 saturated heterocycles. The molecule has 2 aliphatic rings. The Kier molecular flexibility index (Phi) is 7.40. The summed E-state index contributed by atoms with van der Waals surface area (Å²) in [5.74, 6) is 1.49. The number of alkyl halides is 1. The SMILES string of the molecule is Cc1cc(CS(=O)(=O)C2CCC2)c2ccccc2c1Oc1ncccc1-c1ccnc(NC2CCCC(F)C2)n1. The van der Waals surface area contributed by atoms with Gasteiger partial charge in [0, 0.05) is 23.8 Å². The predicted octanol–water partition coefficient (Wildman–Crippen LogP) is 6.95. The summed E-state index contributed by atoms with van der Waals surface area (Å²) in [6, 6.07) is 15.2. The van der Waals surface area contributed by atoms with Crippen LogP contribution in [0.3, 0.4) is 0 Å². The molecule has 4 aromatic rings. The second-order valence-electron chi connectivity index (χ2n) is 10.9. The first-order chi connectivity index (χ1) is 19.4. The van der Waals surface area contributed by atoms with Gasteiger partial charge in [-0.1, -0.05) is 36.8 Å². The molecule has 6 rings (SSSR count). The van der Waals surface area contributed by atoms with E-state index in [2.05, 4.69) is 15.3 Å². The van der Waals surface area contributed by atoms with Crippen molar-refractivity contribution in [3.8, 4) is 22.9 Å². The number of nitrogens with zero attached hydrogens (tertiary/aromatic N) is 3. The Hall–Kier alpha value is -3.59. The van der Waals surface area contributed by atoms with Gasteiger partial charge in [0.15, 0.2) is 9.84 Å². The number of nitrogens with one attached hydrogen (secondary N) is 1. The summed E-state index contributed by atoms with van der Waals surface area (Å²) >= 11 is 0. The molecule has 2 aromatic heterocycles. The quantitative estimate of drug-likeness (QED) is 0.249. The van der Waals surface area contributed by atoms with Gasteiger partial charge in [0.1, 0.15) is 11.9 Å². The molecule has 0 spiro atoms. The number of rotatable bonds is 8. The van der Waals surface area contributed by atoms with Crippen molar-refractivity contribution >= 4 is 26.6 Å². The summed E-state index contributed by atoms with van der Waals surface area (Å²) in [4.78, 5) is 13.6. The van der Waals surface area contributed by atoms with E-state index in [-0.39, 0.29) is 17.0 Å². The van der Waals surface area contributed by atoms with E-state index in [1.165, 1.54) is 0 Å². The number of aryl methyl sites for hydroxylation is 1. The Bertz CT molecular complexity index is 1640. The molecule has 0 aliphatic heterocycles. The lowest BCUT2D eigenvalue weighted by atomic mass is 9.94. The first-order valence-corrected chi connectivity index (χ1v) is 15.7. The summed E-state index contributed by atoms with van der Waals surface area (Å²) in [6.45, 7) is 1.93. The number of sulfone groups is 1. The molecular weight excluding hydrogens is 527 g/mol. The van der Waals surface area contributed by atoms with Crippen molar-refractivity contribution < 1.29 is 17.5 Å². The maximum absolute atomic E-state index is 13.9. The van der Waals surface area contributed by atoms with Crippen LogP contribution in [0.15, 0.2) is 60.9 Å². The van der Waals surface area contributed by atoms with Gasteiger partial charge in [-0.3, -0.25) is 0 Å². The smallest absolute Gasteiger partial charge is 0.228 e. The number of fused-ring (bicyclic) bond motifs is 1. The van der Waals surface area contributed by atoms with Gasteiger partial charge in [0.05, 0.1) is 22.3 Å². The third-order valence-electron chi connectivity index (χ3n) is 8.03. The van der Waals surface area contributed by atoms with Gasteiger partial charge in [-0.15, -0.1) is 0 Å². The average Bonchev–Trinajstić information content (AvgIpc) is 2.90. The van der Waals surface area contributed by atoms with Gasteiger partial charge in [0.2, 0.25) is 11.8 Å². The number of hydrogen-bond donors (Lipinski definition) is 1. The van der Waals surface area contributed by atoms with Crippen LogP contribution >= 0.6 is 0 Å². The summed E-state index contributed by atoms with van der Waals surface area (Å²) in [5, 5.41) is 4.75. The third kappa shape index (κ3) is 5.52. The van der Waals surface area contributed by atoms with Gasteiger partial charge < -0.3 is 10.1 Å². The predicted molar refractivity (Wildman–Crippen MR) is 155 cm³/mol. The zero-order valence-electron chi connectivity index (χ0n) is 22.5. The molecule has 208 valence electrons. The molecule has 0 bridgehead atoms. The van der Waals surface area contributed by atoms with Gasteiger partial charge in [0.25, 0.3) is 0 Å². The first kappa shape index (κ1) is 26.6. The molecule has 7 nitrogen and oxygen atoms in total. The fourth-order valence-corrected chi connectivity index (χ4v) is 7.64. The van der Waals surface area contributed by atoms with E-state index in [9.17, 15) is 12.8 Å². The van der Waals surface area contributed by atoms with Crippen LogP contribution in [0.2, 0.25) is 0 Å². The summed E-state index contributed by atoms with van der Waals surface area (Å²) in [6.07, 6.45) is 7.83. The number of hydrogen-bond acceptors (Lipinski definition) is 7. The van der Waals surface area contributed by atoms with Crippen LogP contribution in [0.1, 0.15) is 56.1 Å². The third-order valence-corrected chi connectivity index (χ3v) is 10.2. The number of benzene rings is 2. The Balaban J connectivity index is 1.32. The highest BCUT2D eigenvalue weighted by molar-refractivity contribution is 7.91. The summed E-state index contributed by atoms with van der Waals surface area (Å²) in [7, 11) is -3.21. The van der Waals surface area contributed by atoms with Crippen LogP contribution in [0.5, 0.6) is 11.6 Å². The number of aromatic nitrogens is 3. The first-order valence-electron chi connectivity index (χ1n) is 14.0. The van der Waals surface area contributed by atoms with E-state index < -0.39 is 16.0 Å². The monoisotopic (exact) mass is 560 g/mol. The zero-order valence-corrected chi connectivity index (χ0v) is 23.3. The largest absolute Gasteiger partial charge is 0.437 e. The Morgan fingerprint density at radius 1 is 0.975 bits per heavy atom. The Morgan fingerprint density at radius 2 is 1.77 bits per heavy atom. The Morgan fingerprint density at radius 3 is 2.55 bits per heavy atom. The fraction of sp³-hybridized carbons (Fsp3) is 0.387. The van der Waals surface area contributed by atoms with Crippen molar-refractivity contribution in [2.45, 2.75) is 75.1 Å². The fourth-order valence-electron chi connectivity index (χ4n) is 5.68. The number of ether oxygens (including phenoxy) is 1. The molecule has 2 heterocycles. The molecule has 0 radical (unpaired) electrons. The maximum atomic E-state index is 13.9. The van der Waals surface area contributed by atoms with Crippen molar-refractivity contribution in [1.82, 2.24) is 15.0 Å². The minimum absolute atomic E-state index is 0.00394. The lowest BCUT2D eigenvalue weighted by molar-refractivity contribution is 0.239. The molecule has 9 heteroatoms. The molecule has 2 aromatic carbocycles. The van der Waals surface area contributed by atoms with Crippen LogP contribution in [0.4, 0.5) is 10.3 Å². The highest BCUT2D eigenvalue weighted by Gasteiger charge is 2.32. The van der Waals surface area contributed by atoms with Crippen molar-refractivity contribution in [2.75, 3.05) is 5.32 Å². The van der Waals surface area contributed by atoms with E-state index >= 15 is 0 Å². The maximum Gasteiger partial charge on any atom is 0.228 e. The minimum atomic E-state index is -3.21. The van der Waals surface area contributed by atoms with E-state index in [0.29, 0.717) is 41.7 Å². The van der Waals surface area contributed by atoms with Gasteiger partial charge in [-0.05, 0) is 80.2 Å². The highest BCUT2D eigenvalue weighted by Crippen LogP contribution is 2.39. The van der Waals surface area contributed by atoms with Gasteiger partial charge >= 0.3 is 0 Å². The second kappa shape index (κ2) is 11.1. The second-order valence-corrected chi connectivity index (χ2v) is 13.2. The minimum Gasteiger partial charge on any atom is -0.437 e. The zero-order chi connectivity index (χ0) is 27.7. The molecule has 2 unspecified atom stereocenters. The molecule has 2 atom stereocenters. The Labute approximate surface area is 234 Å². The lowest BCUT2D eigenvalue weighted by Crippen LogP contribution is -2.29. The van der Waals surface area contributed by atoms with Crippen molar-refractivity contribution in [1.29, 1.82) is 0 Å². The van der Waals surface area contributed by atoms with Gasteiger partial charge in [-0.25, -0.2) is 27.8 Å². The molecule has 2 fully saturated rings. The summed E-state index contributed by atoms with van der Waals surface area (Å²) in [5.41, 5.74) is 2.95. The van der Waals surface area contributed by atoms with Crippen molar-refractivity contribution in [3.05, 3.63) is 72.1 Å². The van der Waals surface area contributed by atoms with Crippen LogP contribution in [0.25, 0.3) is 22.0 Å². The molecule has 0 amide bonds. The topological polar surface area (TPSA) is 94.1 Å². The molecule has 2 aliphatic carbocycles. The van der Waals surface area contributed by atoms with Crippen LogP contribution in [-0.2, 0) is 15.6 Å². The molecule has 40 heavy (non-hydrogen) atoms. The normalized spacial score (nSPS) is 19.8. The van der Waals surface area contributed by atoms with E-state index in [0.717, 1.165) is 54.0 Å². The van der Waals surface area contributed by atoms with Crippen LogP contribution < -0.4 is 10.1 Å². The standard InChI is InChI=1S/C31H33FN4O3S/c1-20-17-21(19-40(37,38)24-9-5-10-24)25-11-2-3-12-26(25)29(20)39-30-27(13-6-15-33-30)28-14-16-34-31(36-28)35-23-8-4-7-22(32)18-23/h2-3,6,11-17,22-24H,4-5,7-10,18-19H2,1H3,(H,34,35,36).